The van der Waals surface area contributed by atoms with Gasteiger partial charge in [0.15, 0.2) is 0 Å². The summed E-state index contributed by atoms with van der Waals surface area (Å²) in [5, 5.41) is 3.75. The minimum Gasteiger partial charge on any atom is -0.444 e. The zero-order chi connectivity index (χ0) is 16.4. The van der Waals surface area contributed by atoms with E-state index in [0.717, 1.165) is 31.7 Å². The van der Waals surface area contributed by atoms with Crippen LogP contribution in [0.3, 0.4) is 0 Å². The van der Waals surface area contributed by atoms with Crippen LogP contribution in [0.25, 0.3) is 0 Å². The molecule has 1 fully saturated rings. The van der Waals surface area contributed by atoms with Gasteiger partial charge in [-0.05, 0) is 45.2 Å². The van der Waals surface area contributed by atoms with Crippen LogP contribution in [0.4, 0.5) is 4.79 Å². The lowest BCUT2D eigenvalue weighted by Crippen LogP contribution is -2.50. The van der Waals surface area contributed by atoms with Gasteiger partial charge in [-0.25, -0.2) is 4.79 Å². The van der Waals surface area contributed by atoms with Crippen LogP contribution >= 0.6 is 11.8 Å². The van der Waals surface area contributed by atoms with E-state index in [2.05, 4.69) is 29.6 Å². The Labute approximate surface area is 143 Å². The van der Waals surface area contributed by atoms with E-state index in [1.807, 2.05) is 37.4 Å². The minimum absolute atomic E-state index is 0.190. The van der Waals surface area contributed by atoms with E-state index in [4.69, 9.17) is 4.74 Å². The average Bonchev–Trinajstić information content (AvgIpc) is 2.89. The van der Waals surface area contributed by atoms with Crippen molar-refractivity contribution in [1.82, 2.24) is 10.2 Å². The van der Waals surface area contributed by atoms with Gasteiger partial charge in [0, 0.05) is 35.8 Å². The lowest BCUT2D eigenvalue weighted by molar-refractivity contribution is 0.0184. The molecule has 0 radical (unpaired) electrons. The highest BCUT2D eigenvalue weighted by atomic mass is 32.2. The number of carbonyl (C=O) groups excluding carboxylic acids is 1. The molecule has 5 heteroatoms. The zero-order valence-electron chi connectivity index (χ0n) is 14.2. The molecule has 2 unspecified atom stereocenters. The Morgan fingerprint density at radius 3 is 2.91 bits per heavy atom. The van der Waals surface area contributed by atoms with Crippen molar-refractivity contribution in [2.24, 2.45) is 0 Å². The van der Waals surface area contributed by atoms with Crippen molar-refractivity contribution in [3.8, 4) is 0 Å². The van der Waals surface area contributed by atoms with Crippen LogP contribution in [0, 0.1) is 0 Å². The van der Waals surface area contributed by atoms with Gasteiger partial charge in [0.25, 0.3) is 0 Å². The molecule has 2 aliphatic heterocycles. The molecule has 1 amide bonds. The van der Waals surface area contributed by atoms with Gasteiger partial charge in [-0.15, -0.1) is 11.8 Å². The van der Waals surface area contributed by atoms with Gasteiger partial charge >= 0.3 is 6.09 Å². The molecule has 1 aromatic carbocycles. The zero-order valence-corrected chi connectivity index (χ0v) is 15.0. The fourth-order valence-electron chi connectivity index (χ4n) is 3.19. The SMILES string of the molecule is CC(C)(C)OC(=O)N1CCCC(NC2CSc3ccccc32)C1. The summed E-state index contributed by atoms with van der Waals surface area (Å²) in [4.78, 5) is 15.5. The van der Waals surface area contributed by atoms with Crippen molar-refractivity contribution in [3.63, 3.8) is 0 Å². The number of nitrogens with one attached hydrogen (secondary N) is 1. The van der Waals surface area contributed by atoms with Gasteiger partial charge in [-0.3, -0.25) is 0 Å². The van der Waals surface area contributed by atoms with Gasteiger partial charge in [0.05, 0.1) is 0 Å². The molecule has 1 aromatic rings. The number of rotatable bonds is 2. The van der Waals surface area contributed by atoms with Crippen molar-refractivity contribution in [1.29, 1.82) is 0 Å². The molecule has 0 saturated carbocycles. The lowest BCUT2D eigenvalue weighted by Gasteiger charge is -2.35. The van der Waals surface area contributed by atoms with E-state index < -0.39 is 5.60 Å². The number of fused-ring (bicyclic) bond motifs is 1. The molecule has 1 saturated heterocycles. The van der Waals surface area contributed by atoms with Gasteiger partial charge in [-0.2, -0.15) is 0 Å². The second-order valence-corrected chi connectivity index (χ2v) is 8.40. The Hall–Kier alpha value is -1.20. The second kappa shape index (κ2) is 6.73. The smallest absolute Gasteiger partial charge is 0.410 e. The monoisotopic (exact) mass is 334 g/mol. The van der Waals surface area contributed by atoms with E-state index in [1.165, 1.54) is 10.5 Å². The van der Waals surface area contributed by atoms with Crippen LogP contribution < -0.4 is 5.32 Å². The Morgan fingerprint density at radius 2 is 2.13 bits per heavy atom. The van der Waals surface area contributed by atoms with Gasteiger partial charge < -0.3 is 15.0 Å². The summed E-state index contributed by atoms with van der Waals surface area (Å²) in [6.45, 7) is 7.27. The first-order valence-corrected chi connectivity index (χ1v) is 9.36. The summed E-state index contributed by atoms with van der Waals surface area (Å²) in [6, 6.07) is 9.33. The highest BCUT2D eigenvalue weighted by Crippen LogP contribution is 2.38. The first-order chi connectivity index (χ1) is 10.9. The maximum atomic E-state index is 12.3. The summed E-state index contributed by atoms with van der Waals surface area (Å²) in [5.74, 6) is 1.07. The number of hydrogen-bond acceptors (Lipinski definition) is 4. The van der Waals surface area contributed by atoms with Gasteiger partial charge in [-0.1, -0.05) is 18.2 Å². The number of piperidine rings is 1. The van der Waals surface area contributed by atoms with Crippen LogP contribution in [0.1, 0.15) is 45.2 Å². The van der Waals surface area contributed by atoms with Gasteiger partial charge in [0.2, 0.25) is 0 Å². The van der Waals surface area contributed by atoms with Crippen molar-refractivity contribution < 1.29 is 9.53 Å². The molecule has 23 heavy (non-hydrogen) atoms. The molecule has 2 aliphatic rings. The number of carbonyl (C=O) groups is 1. The normalized spacial score (nSPS) is 24.4. The Bertz CT molecular complexity index is 570. The second-order valence-electron chi connectivity index (χ2n) is 7.33. The van der Waals surface area contributed by atoms with Crippen LogP contribution in [-0.2, 0) is 4.74 Å². The molecule has 3 rings (SSSR count). The first-order valence-electron chi connectivity index (χ1n) is 8.38. The minimum atomic E-state index is -0.432. The third-order valence-electron chi connectivity index (χ3n) is 4.21. The quantitative estimate of drug-likeness (QED) is 0.893. The van der Waals surface area contributed by atoms with Crippen molar-refractivity contribution in [3.05, 3.63) is 29.8 Å². The highest BCUT2D eigenvalue weighted by molar-refractivity contribution is 7.99. The fourth-order valence-corrected chi connectivity index (χ4v) is 4.36. The summed E-state index contributed by atoms with van der Waals surface area (Å²) in [6.07, 6.45) is 1.95. The maximum Gasteiger partial charge on any atom is 0.410 e. The van der Waals surface area contributed by atoms with Crippen LogP contribution in [0.5, 0.6) is 0 Å². The molecular weight excluding hydrogens is 308 g/mol. The van der Waals surface area contributed by atoms with E-state index in [1.54, 1.807) is 0 Å². The summed E-state index contributed by atoms with van der Waals surface area (Å²) in [5.41, 5.74) is 0.963. The molecule has 0 aliphatic carbocycles. The number of amides is 1. The van der Waals surface area contributed by atoms with Crippen LogP contribution in [0.2, 0.25) is 0 Å². The number of likely N-dealkylation sites (tertiary alicyclic amines) is 1. The predicted molar refractivity (Wildman–Crippen MR) is 93.9 cm³/mol. The van der Waals surface area contributed by atoms with Crippen molar-refractivity contribution in [2.75, 3.05) is 18.8 Å². The van der Waals surface area contributed by atoms with E-state index in [0.29, 0.717) is 12.1 Å². The third kappa shape index (κ3) is 4.21. The largest absolute Gasteiger partial charge is 0.444 e. The fraction of sp³-hybridized carbons (Fsp3) is 0.611. The van der Waals surface area contributed by atoms with Crippen molar-refractivity contribution in [2.45, 2.75) is 56.2 Å². The molecule has 0 bridgehead atoms. The van der Waals surface area contributed by atoms with Crippen LogP contribution in [-0.4, -0.2) is 41.5 Å². The molecule has 126 valence electrons. The molecule has 2 heterocycles. The third-order valence-corrected chi connectivity index (χ3v) is 5.39. The summed E-state index contributed by atoms with van der Waals surface area (Å²) < 4.78 is 5.51. The lowest BCUT2D eigenvalue weighted by atomic mass is 10.0. The molecule has 0 aromatic heterocycles. The number of benzene rings is 1. The van der Waals surface area contributed by atoms with Gasteiger partial charge in [0.1, 0.15) is 5.60 Å². The number of hydrogen-bond donors (Lipinski definition) is 1. The Kier molecular flexibility index (Phi) is 4.87. The molecule has 2 atom stereocenters. The summed E-state index contributed by atoms with van der Waals surface area (Å²) >= 11 is 1.91. The average molecular weight is 334 g/mol. The van der Waals surface area contributed by atoms with E-state index in [9.17, 15) is 4.79 Å². The predicted octanol–water partition coefficient (Wildman–Crippen LogP) is 3.82. The standard InChI is InChI=1S/C18H26N2O2S/c1-18(2,3)22-17(21)20-10-6-7-13(11-20)19-15-12-23-16-9-5-4-8-14(15)16/h4-5,8-9,13,15,19H,6-7,10-12H2,1-3H3. The molecule has 4 nitrogen and oxygen atoms in total. The molecule has 0 spiro atoms. The van der Waals surface area contributed by atoms with Crippen molar-refractivity contribution >= 4 is 17.9 Å². The van der Waals surface area contributed by atoms with Crippen LogP contribution in [0.15, 0.2) is 29.2 Å². The number of nitrogens with zero attached hydrogens (tertiary/aromatic N) is 1. The Morgan fingerprint density at radius 1 is 1.35 bits per heavy atom. The highest BCUT2D eigenvalue weighted by Gasteiger charge is 2.30. The number of ether oxygens (including phenoxy) is 1. The Balaban J connectivity index is 1.58. The summed E-state index contributed by atoms with van der Waals surface area (Å²) in [7, 11) is 0. The topological polar surface area (TPSA) is 41.6 Å². The van der Waals surface area contributed by atoms with E-state index in [-0.39, 0.29) is 6.09 Å². The van der Waals surface area contributed by atoms with E-state index >= 15 is 0 Å². The number of thioether (sulfide) groups is 1. The molecule has 1 N–H and O–H groups in total. The molecular formula is C18H26N2O2S. The maximum absolute atomic E-state index is 12.3. The first kappa shape index (κ1) is 16.7.